The average Bonchev–Trinajstić information content (AvgIpc) is 2.31. The first-order valence-electron chi connectivity index (χ1n) is 6.70. The maximum atomic E-state index is 11.6. The van der Waals surface area contributed by atoms with E-state index in [-0.39, 0.29) is 18.4 Å². The molecule has 0 rings (SSSR count). The number of hydrogen-bond acceptors (Lipinski definition) is 3. The topological polar surface area (TPSA) is 92.4 Å². The normalized spacial score (nSPS) is 13.9. The fourth-order valence-electron chi connectivity index (χ4n) is 1.88. The molecule has 5 heteroatoms. The Hall–Kier alpha value is -1.10. The number of carbonyl (C=O) groups is 2. The predicted molar refractivity (Wildman–Crippen MR) is 71.2 cm³/mol. The first-order valence-corrected chi connectivity index (χ1v) is 6.70. The number of hydrogen-bond donors (Lipinski definition) is 3. The van der Waals surface area contributed by atoms with Crippen LogP contribution in [0.25, 0.3) is 0 Å². The number of aliphatic carboxylic acids is 1. The van der Waals surface area contributed by atoms with E-state index in [1.165, 1.54) is 0 Å². The van der Waals surface area contributed by atoms with Crippen molar-refractivity contribution >= 4 is 11.9 Å². The molecular weight excluding hydrogens is 232 g/mol. The molecule has 0 heterocycles. The minimum Gasteiger partial charge on any atom is -0.481 e. The van der Waals surface area contributed by atoms with Crippen LogP contribution in [0.5, 0.6) is 0 Å². The molecule has 2 unspecified atom stereocenters. The van der Waals surface area contributed by atoms with Crippen LogP contribution in [0, 0.1) is 5.92 Å². The number of carboxylic acid groups (broad SMARTS) is 1. The van der Waals surface area contributed by atoms with Crippen LogP contribution in [0.3, 0.4) is 0 Å². The lowest BCUT2D eigenvalue weighted by atomic mass is 9.96. The molecule has 0 aliphatic heterocycles. The van der Waals surface area contributed by atoms with Gasteiger partial charge in [0.1, 0.15) is 0 Å². The summed E-state index contributed by atoms with van der Waals surface area (Å²) in [6.07, 6.45) is 3.91. The smallest absolute Gasteiger partial charge is 0.303 e. The van der Waals surface area contributed by atoms with Crippen molar-refractivity contribution in [2.45, 2.75) is 58.4 Å². The SMILES string of the molecule is CCC(CCN)CCC(=O)NC(C)CCC(=O)O. The molecule has 0 aromatic heterocycles. The zero-order valence-electron chi connectivity index (χ0n) is 11.4. The molecule has 2 atom stereocenters. The van der Waals surface area contributed by atoms with Crippen molar-refractivity contribution < 1.29 is 14.7 Å². The molecule has 0 aromatic carbocycles. The highest BCUT2D eigenvalue weighted by Gasteiger charge is 2.11. The molecule has 1 amide bonds. The summed E-state index contributed by atoms with van der Waals surface area (Å²) in [5, 5.41) is 11.4. The second-order valence-electron chi connectivity index (χ2n) is 4.79. The van der Waals surface area contributed by atoms with Crippen LogP contribution in [0.15, 0.2) is 0 Å². The van der Waals surface area contributed by atoms with E-state index in [9.17, 15) is 9.59 Å². The summed E-state index contributed by atoms with van der Waals surface area (Å²) in [7, 11) is 0. The lowest BCUT2D eigenvalue weighted by Crippen LogP contribution is -2.33. The first kappa shape index (κ1) is 16.9. The van der Waals surface area contributed by atoms with E-state index in [1.807, 2.05) is 6.92 Å². The Morgan fingerprint density at radius 1 is 1.22 bits per heavy atom. The lowest BCUT2D eigenvalue weighted by molar-refractivity contribution is -0.137. The van der Waals surface area contributed by atoms with Crippen LogP contribution < -0.4 is 11.1 Å². The van der Waals surface area contributed by atoms with Gasteiger partial charge in [0.25, 0.3) is 0 Å². The molecular formula is C13H26N2O3. The average molecular weight is 258 g/mol. The van der Waals surface area contributed by atoms with Gasteiger partial charge in [-0.05, 0) is 38.6 Å². The van der Waals surface area contributed by atoms with E-state index in [2.05, 4.69) is 12.2 Å². The highest BCUT2D eigenvalue weighted by molar-refractivity contribution is 5.76. The van der Waals surface area contributed by atoms with E-state index in [4.69, 9.17) is 10.8 Å². The summed E-state index contributed by atoms with van der Waals surface area (Å²) in [5.41, 5.74) is 5.50. The molecule has 18 heavy (non-hydrogen) atoms. The Bertz CT molecular complexity index is 257. The summed E-state index contributed by atoms with van der Waals surface area (Å²) in [4.78, 5) is 22.0. The van der Waals surface area contributed by atoms with Crippen molar-refractivity contribution in [2.24, 2.45) is 11.7 Å². The predicted octanol–water partition coefficient (Wildman–Crippen LogP) is 1.51. The second-order valence-corrected chi connectivity index (χ2v) is 4.79. The number of carboxylic acids is 1. The van der Waals surface area contributed by atoms with Gasteiger partial charge < -0.3 is 16.2 Å². The van der Waals surface area contributed by atoms with Crippen molar-refractivity contribution in [3.05, 3.63) is 0 Å². The lowest BCUT2D eigenvalue weighted by Gasteiger charge is -2.15. The van der Waals surface area contributed by atoms with E-state index >= 15 is 0 Å². The molecule has 0 spiro atoms. The molecule has 0 aliphatic rings. The Morgan fingerprint density at radius 3 is 2.39 bits per heavy atom. The largest absolute Gasteiger partial charge is 0.481 e. The van der Waals surface area contributed by atoms with Gasteiger partial charge in [0, 0.05) is 18.9 Å². The third kappa shape index (κ3) is 8.98. The Labute approximate surface area is 109 Å². The van der Waals surface area contributed by atoms with Crippen LogP contribution in [0.1, 0.15) is 52.4 Å². The van der Waals surface area contributed by atoms with Crippen molar-refractivity contribution in [3.63, 3.8) is 0 Å². The number of carbonyl (C=O) groups excluding carboxylic acids is 1. The van der Waals surface area contributed by atoms with Crippen LogP contribution in [0.2, 0.25) is 0 Å². The van der Waals surface area contributed by atoms with Crippen molar-refractivity contribution in [1.29, 1.82) is 0 Å². The Morgan fingerprint density at radius 2 is 1.89 bits per heavy atom. The molecule has 4 N–H and O–H groups in total. The van der Waals surface area contributed by atoms with Gasteiger partial charge in [0.05, 0.1) is 0 Å². The molecule has 0 fully saturated rings. The van der Waals surface area contributed by atoms with Gasteiger partial charge >= 0.3 is 5.97 Å². The molecule has 5 nitrogen and oxygen atoms in total. The summed E-state index contributed by atoms with van der Waals surface area (Å²) in [6.45, 7) is 4.60. The molecule has 0 saturated heterocycles. The van der Waals surface area contributed by atoms with Gasteiger partial charge in [-0.2, -0.15) is 0 Å². The van der Waals surface area contributed by atoms with E-state index in [0.717, 1.165) is 19.3 Å². The van der Waals surface area contributed by atoms with Crippen molar-refractivity contribution in [3.8, 4) is 0 Å². The summed E-state index contributed by atoms with van der Waals surface area (Å²) in [6, 6.07) is -0.0804. The monoisotopic (exact) mass is 258 g/mol. The minimum absolute atomic E-state index is 0.00311. The van der Waals surface area contributed by atoms with Gasteiger partial charge in [-0.15, -0.1) is 0 Å². The zero-order chi connectivity index (χ0) is 14.0. The van der Waals surface area contributed by atoms with Crippen molar-refractivity contribution in [1.82, 2.24) is 5.32 Å². The Kier molecular flexibility index (Phi) is 9.28. The fourth-order valence-corrected chi connectivity index (χ4v) is 1.88. The van der Waals surface area contributed by atoms with Gasteiger partial charge in [0.15, 0.2) is 0 Å². The Balaban J connectivity index is 3.78. The zero-order valence-corrected chi connectivity index (χ0v) is 11.4. The summed E-state index contributed by atoms with van der Waals surface area (Å²) in [5.74, 6) is -0.316. The fraction of sp³-hybridized carbons (Fsp3) is 0.846. The summed E-state index contributed by atoms with van der Waals surface area (Å²) >= 11 is 0. The number of amides is 1. The first-order chi connectivity index (χ1) is 8.49. The number of nitrogens with two attached hydrogens (primary N) is 1. The molecule has 0 aromatic rings. The van der Waals surface area contributed by atoms with Crippen LogP contribution in [-0.2, 0) is 9.59 Å². The maximum Gasteiger partial charge on any atom is 0.303 e. The molecule has 0 radical (unpaired) electrons. The van der Waals surface area contributed by atoms with Crippen LogP contribution in [-0.4, -0.2) is 29.6 Å². The van der Waals surface area contributed by atoms with E-state index in [0.29, 0.717) is 25.3 Å². The van der Waals surface area contributed by atoms with Gasteiger partial charge in [-0.3, -0.25) is 9.59 Å². The van der Waals surface area contributed by atoms with E-state index in [1.54, 1.807) is 0 Å². The number of nitrogens with one attached hydrogen (secondary N) is 1. The number of rotatable bonds is 10. The van der Waals surface area contributed by atoms with Gasteiger partial charge in [-0.1, -0.05) is 13.3 Å². The highest BCUT2D eigenvalue weighted by atomic mass is 16.4. The molecule has 0 aliphatic carbocycles. The maximum absolute atomic E-state index is 11.6. The molecule has 0 saturated carbocycles. The molecule has 106 valence electrons. The highest BCUT2D eigenvalue weighted by Crippen LogP contribution is 2.14. The van der Waals surface area contributed by atoms with E-state index < -0.39 is 5.97 Å². The molecule has 0 bridgehead atoms. The third-order valence-corrected chi connectivity index (χ3v) is 3.13. The van der Waals surface area contributed by atoms with Crippen molar-refractivity contribution in [2.75, 3.05) is 6.54 Å². The van der Waals surface area contributed by atoms with Gasteiger partial charge in [0.2, 0.25) is 5.91 Å². The quantitative estimate of drug-likeness (QED) is 0.554. The second kappa shape index (κ2) is 9.88. The summed E-state index contributed by atoms with van der Waals surface area (Å²) < 4.78 is 0. The van der Waals surface area contributed by atoms with Gasteiger partial charge in [-0.25, -0.2) is 0 Å². The standard InChI is InChI=1S/C13H26N2O3/c1-3-11(8-9-14)5-6-12(16)15-10(2)4-7-13(17)18/h10-11H,3-9,14H2,1-2H3,(H,15,16)(H,17,18). The van der Waals surface area contributed by atoms with Crippen LogP contribution in [0.4, 0.5) is 0 Å². The van der Waals surface area contributed by atoms with Crippen LogP contribution >= 0.6 is 0 Å². The minimum atomic E-state index is -0.829. The third-order valence-electron chi connectivity index (χ3n) is 3.13.